The van der Waals surface area contributed by atoms with Gasteiger partial charge in [-0.25, -0.2) is 4.21 Å². The zero-order valence-electron chi connectivity index (χ0n) is 18.4. The lowest BCUT2D eigenvalue weighted by Gasteiger charge is -2.17. The van der Waals surface area contributed by atoms with Crippen LogP contribution < -0.4 is 4.74 Å². The van der Waals surface area contributed by atoms with Gasteiger partial charge in [-0.05, 0) is 63.4 Å². The van der Waals surface area contributed by atoms with Crippen LogP contribution >= 0.6 is 7.60 Å². The van der Waals surface area contributed by atoms with E-state index in [1.54, 1.807) is 25.3 Å². The van der Waals surface area contributed by atoms with E-state index in [1.807, 2.05) is 57.2 Å². The summed E-state index contributed by atoms with van der Waals surface area (Å²) >= 11 is 0. The molecule has 2 aromatic rings. The maximum Gasteiger partial charge on any atom is 0.350 e. The van der Waals surface area contributed by atoms with Crippen molar-refractivity contribution in [1.29, 1.82) is 0 Å². The zero-order valence-corrected chi connectivity index (χ0v) is 20.1. The van der Waals surface area contributed by atoms with Gasteiger partial charge in [-0.15, -0.1) is 0 Å². The minimum Gasteiger partial charge on any atom is -0.497 e. The van der Waals surface area contributed by atoms with E-state index in [0.717, 1.165) is 32.9 Å². The van der Waals surface area contributed by atoms with Crippen LogP contribution in [0.5, 0.6) is 5.75 Å². The van der Waals surface area contributed by atoms with Crippen LogP contribution in [0.25, 0.3) is 0 Å². The van der Waals surface area contributed by atoms with Gasteiger partial charge in [0, 0.05) is 0 Å². The minimum absolute atomic E-state index is 0.256. The first-order valence-electron chi connectivity index (χ1n) is 10.1. The zero-order chi connectivity index (χ0) is 22.1. The summed E-state index contributed by atoms with van der Waals surface area (Å²) < 4.78 is 45.6. The largest absolute Gasteiger partial charge is 0.497 e. The van der Waals surface area contributed by atoms with Crippen LogP contribution in [0.3, 0.4) is 0 Å². The fraction of sp³-hybridized carbons (Fsp3) is 0.455. The standard InChI is InChI=1S/C22H30NO5PS/c1-7-27-29(24,28-8-2)22-20(18-9-11-19(26-6)12-10-18)23(22)30(25)21-16(4)13-15(3)14-17(21)5/h9-14,20,22H,7-8H2,1-6H3/t20-,22+,23?,30?/m1/s1. The third kappa shape index (κ3) is 4.41. The monoisotopic (exact) mass is 451 g/mol. The van der Waals surface area contributed by atoms with Crippen molar-refractivity contribution in [1.82, 2.24) is 4.31 Å². The molecule has 0 spiro atoms. The van der Waals surface area contributed by atoms with Gasteiger partial charge in [-0.1, -0.05) is 29.8 Å². The Bertz CT molecular complexity index is 945. The molecule has 1 aliphatic rings. The number of nitrogens with zero attached hydrogens (tertiary/aromatic N) is 1. The van der Waals surface area contributed by atoms with E-state index in [2.05, 4.69) is 0 Å². The second-order valence-corrected chi connectivity index (χ2v) is 10.8. The Kier molecular flexibility index (Phi) is 7.20. The molecule has 3 rings (SSSR count). The molecule has 0 aliphatic carbocycles. The number of aryl methyl sites for hydroxylation is 3. The maximum absolute atomic E-state index is 13.7. The SMILES string of the molecule is CCOP(=O)(OCC)[C@H]1[C@@H](c2ccc(OC)cc2)N1S(=O)c1c(C)cc(C)cc1C. The first-order chi connectivity index (χ1) is 14.3. The molecule has 1 aliphatic heterocycles. The van der Waals surface area contributed by atoms with Crippen molar-refractivity contribution in [3.63, 3.8) is 0 Å². The van der Waals surface area contributed by atoms with Crippen molar-refractivity contribution in [3.05, 3.63) is 58.7 Å². The lowest BCUT2D eigenvalue weighted by atomic mass is 10.1. The molecule has 0 saturated carbocycles. The summed E-state index contributed by atoms with van der Waals surface area (Å²) in [5.74, 6) is 0.123. The van der Waals surface area contributed by atoms with Gasteiger partial charge in [-0.2, -0.15) is 4.31 Å². The van der Waals surface area contributed by atoms with Crippen LogP contribution in [-0.2, 0) is 24.6 Å². The highest BCUT2D eigenvalue weighted by Crippen LogP contribution is 2.69. The van der Waals surface area contributed by atoms with Crippen LogP contribution in [-0.4, -0.2) is 34.6 Å². The van der Waals surface area contributed by atoms with Crippen LogP contribution in [0.15, 0.2) is 41.3 Å². The Balaban J connectivity index is 2.04. The fourth-order valence-electron chi connectivity index (χ4n) is 3.93. The third-order valence-electron chi connectivity index (χ3n) is 5.10. The van der Waals surface area contributed by atoms with Gasteiger partial charge >= 0.3 is 7.60 Å². The van der Waals surface area contributed by atoms with Crippen molar-refractivity contribution in [2.75, 3.05) is 20.3 Å². The Morgan fingerprint density at radius 2 is 1.53 bits per heavy atom. The number of hydrogen-bond acceptors (Lipinski definition) is 5. The number of benzene rings is 2. The summed E-state index contributed by atoms with van der Waals surface area (Å²) in [5.41, 5.74) is 3.92. The van der Waals surface area contributed by atoms with Crippen LogP contribution in [0.1, 0.15) is 42.1 Å². The normalized spacial score (nSPS) is 22.0. The molecule has 2 aromatic carbocycles. The lowest BCUT2D eigenvalue weighted by molar-refractivity contribution is 0.216. The molecule has 0 N–H and O–H groups in total. The number of rotatable bonds is 9. The van der Waals surface area contributed by atoms with E-state index in [-0.39, 0.29) is 19.3 Å². The molecule has 164 valence electrons. The maximum atomic E-state index is 13.7. The Labute approximate surface area is 181 Å². The molecule has 1 saturated heterocycles. The van der Waals surface area contributed by atoms with Gasteiger partial charge in [0.1, 0.15) is 22.5 Å². The second kappa shape index (κ2) is 9.33. The molecular weight excluding hydrogens is 421 g/mol. The van der Waals surface area contributed by atoms with E-state index >= 15 is 0 Å². The highest BCUT2D eigenvalue weighted by Gasteiger charge is 2.64. The van der Waals surface area contributed by atoms with Crippen LogP contribution in [0, 0.1) is 20.8 Å². The topological polar surface area (TPSA) is 64.8 Å². The second-order valence-electron chi connectivity index (χ2n) is 7.34. The Morgan fingerprint density at radius 1 is 1.00 bits per heavy atom. The molecule has 0 radical (unpaired) electrons. The van der Waals surface area contributed by atoms with Gasteiger partial charge < -0.3 is 13.8 Å². The van der Waals surface area contributed by atoms with Gasteiger partial charge in [0.05, 0.1) is 31.3 Å². The molecule has 30 heavy (non-hydrogen) atoms. The predicted molar refractivity (Wildman–Crippen MR) is 119 cm³/mol. The highest BCUT2D eigenvalue weighted by molar-refractivity contribution is 7.83. The molecule has 1 fully saturated rings. The summed E-state index contributed by atoms with van der Waals surface area (Å²) in [4.78, 5) is 0.751. The Morgan fingerprint density at radius 3 is 2.00 bits per heavy atom. The van der Waals surface area contributed by atoms with Gasteiger partial charge in [0.2, 0.25) is 0 Å². The lowest BCUT2D eigenvalue weighted by Crippen LogP contribution is -2.12. The third-order valence-corrected chi connectivity index (χ3v) is 9.50. The first kappa shape index (κ1) is 23.2. The highest BCUT2D eigenvalue weighted by atomic mass is 32.2. The molecule has 8 heteroatoms. The van der Waals surface area contributed by atoms with E-state index in [9.17, 15) is 8.77 Å². The molecule has 1 heterocycles. The minimum atomic E-state index is -3.49. The molecule has 6 nitrogen and oxygen atoms in total. The summed E-state index contributed by atoms with van der Waals surface area (Å²) in [5, 5.41) is 0. The predicted octanol–water partition coefficient (Wildman–Crippen LogP) is 5.29. The molecule has 4 atom stereocenters. The Hall–Kier alpha value is -1.50. The van der Waals surface area contributed by atoms with Gasteiger partial charge in [0.15, 0.2) is 0 Å². The number of ether oxygens (including phenoxy) is 1. The van der Waals surface area contributed by atoms with Crippen LogP contribution in [0.2, 0.25) is 0 Å². The average Bonchev–Trinajstić information content (AvgIpc) is 3.44. The van der Waals surface area contributed by atoms with Crippen molar-refractivity contribution in [2.24, 2.45) is 0 Å². The summed E-state index contributed by atoms with van der Waals surface area (Å²) in [6.07, 6.45) is 0. The summed E-state index contributed by atoms with van der Waals surface area (Å²) in [6, 6.07) is 11.2. The number of hydrogen-bond donors (Lipinski definition) is 0. The molecule has 0 aromatic heterocycles. The molecular formula is C22H30NO5PS. The smallest absolute Gasteiger partial charge is 0.350 e. The van der Waals surface area contributed by atoms with Crippen LogP contribution in [0.4, 0.5) is 0 Å². The number of methoxy groups -OCH3 is 1. The van der Waals surface area contributed by atoms with Crippen molar-refractivity contribution in [3.8, 4) is 5.75 Å². The van der Waals surface area contributed by atoms with Crippen molar-refractivity contribution in [2.45, 2.75) is 51.3 Å². The van der Waals surface area contributed by atoms with Gasteiger partial charge in [-0.3, -0.25) is 4.57 Å². The van der Waals surface area contributed by atoms with E-state index < -0.39 is 24.4 Å². The average molecular weight is 452 g/mol. The first-order valence-corrected chi connectivity index (χ1v) is 12.8. The molecule has 0 amide bonds. The molecule has 2 unspecified atom stereocenters. The summed E-state index contributed by atoms with van der Waals surface area (Å²) in [7, 11) is -3.39. The fourth-order valence-corrected chi connectivity index (χ4v) is 8.31. The quantitative estimate of drug-likeness (QED) is 0.383. The van der Waals surface area contributed by atoms with E-state index in [1.165, 1.54) is 0 Å². The van der Waals surface area contributed by atoms with E-state index in [0.29, 0.717) is 0 Å². The van der Waals surface area contributed by atoms with Gasteiger partial charge in [0.25, 0.3) is 0 Å². The van der Waals surface area contributed by atoms with Crippen molar-refractivity contribution < 1.29 is 22.6 Å². The summed E-state index contributed by atoms with van der Waals surface area (Å²) in [6.45, 7) is 10.0. The van der Waals surface area contributed by atoms with E-state index in [4.69, 9.17) is 13.8 Å². The van der Waals surface area contributed by atoms with Crippen molar-refractivity contribution >= 4 is 18.6 Å². The molecule has 0 bridgehead atoms.